The van der Waals surface area contributed by atoms with Crippen LogP contribution in [0.25, 0.3) is 0 Å². The number of Topliss-reactive ketones (excluding diaryl/α,β-unsaturated/α-hetero) is 1. The number of fused-ring (bicyclic) bond motifs is 5. The van der Waals surface area contributed by atoms with Gasteiger partial charge in [-0.25, -0.2) is 0 Å². The summed E-state index contributed by atoms with van der Waals surface area (Å²) in [5.74, 6) is 0.127. The van der Waals surface area contributed by atoms with Crippen LogP contribution in [0.5, 0.6) is 0 Å². The number of ketones is 1. The van der Waals surface area contributed by atoms with Crippen LogP contribution in [-0.2, 0) is 14.3 Å². The molecule has 202 valence electrons. The minimum absolute atomic E-state index is 0.0716. The molecular formula is C31H48O5. The monoisotopic (exact) mass is 500 g/mol. The molecule has 3 fully saturated rings. The van der Waals surface area contributed by atoms with Gasteiger partial charge in [0.25, 0.3) is 0 Å². The first kappa shape index (κ1) is 27.6. The van der Waals surface area contributed by atoms with E-state index in [1.807, 2.05) is 0 Å². The molecule has 0 bridgehead atoms. The molecule has 0 radical (unpaired) electrons. The van der Waals surface area contributed by atoms with Crippen molar-refractivity contribution in [1.29, 1.82) is 0 Å². The molecule has 3 saturated carbocycles. The SMILES string of the molecule is C=C(C)C(O)CCC(C(=O)OC)[C@@H]1[C@@H](O)C[C@]2(C)C3=CC[C@H]4C(C)(C)C(=O)CC[C@]4(C)[C@H]3CC[C@@]12C. The second-order valence-electron chi connectivity index (χ2n) is 13.8. The maximum atomic E-state index is 13.1. The maximum Gasteiger partial charge on any atom is 0.309 e. The Morgan fingerprint density at radius 2 is 1.86 bits per heavy atom. The van der Waals surface area contributed by atoms with Crippen molar-refractivity contribution in [3.63, 3.8) is 0 Å². The molecule has 0 heterocycles. The number of esters is 1. The molecular weight excluding hydrogens is 452 g/mol. The molecule has 4 aliphatic carbocycles. The first-order chi connectivity index (χ1) is 16.6. The first-order valence-corrected chi connectivity index (χ1v) is 14.0. The average Bonchev–Trinajstić information content (AvgIpc) is 3.02. The van der Waals surface area contributed by atoms with Gasteiger partial charge in [-0.1, -0.05) is 58.4 Å². The molecule has 0 saturated heterocycles. The van der Waals surface area contributed by atoms with E-state index in [2.05, 4.69) is 47.3 Å². The van der Waals surface area contributed by atoms with E-state index >= 15 is 0 Å². The van der Waals surface area contributed by atoms with Crippen LogP contribution >= 0.6 is 0 Å². The molecule has 4 rings (SSSR count). The van der Waals surface area contributed by atoms with Crippen LogP contribution in [0.2, 0.25) is 0 Å². The molecule has 5 heteroatoms. The lowest BCUT2D eigenvalue weighted by atomic mass is 9.41. The highest BCUT2D eigenvalue weighted by molar-refractivity contribution is 5.85. The zero-order chi connectivity index (χ0) is 26.8. The lowest BCUT2D eigenvalue weighted by molar-refractivity contribution is -0.154. The summed E-state index contributed by atoms with van der Waals surface area (Å²) >= 11 is 0. The highest BCUT2D eigenvalue weighted by atomic mass is 16.5. The Kier molecular flexibility index (Phi) is 6.95. The van der Waals surface area contributed by atoms with Crippen molar-refractivity contribution in [2.24, 2.45) is 45.3 Å². The van der Waals surface area contributed by atoms with Crippen LogP contribution in [-0.4, -0.2) is 41.3 Å². The van der Waals surface area contributed by atoms with Gasteiger partial charge < -0.3 is 14.9 Å². The zero-order valence-electron chi connectivity index (χ0n) is 23.5. The summed E-state index contributed by atoms with van der Waals surface area (Å²) in [6, 6.07) is 0. The number of aliphatic hydroxyl groups is 2. The van der Waals surface area contributed by atoms with Crippen LogP contribution in [0.1, 0.15) is 92.9 Å². The van der Waals surface area contributed by atoms with Crippen LogP contribution in [0.15, 0.2) is 23.8 Å². The summed E-state index contributed by atoms with van der Waals surface area (Å²) in [7, 11) is 1.42. The fraction of sp³-hybridized carbons (Fsp3) is 0.806. The molecule has 0 amide bonds. The highest BCUT2D eigenvalue weighted by Crippen LogP contribution is 2.73. The van der Waals surface area contributed by atoms with Crippen molar-refractivity contribution in [3.05, 3.63) is 23.8 Å². The van der Waals surface area contributed by atoms with Gasteiger partial charge in [0.2, 0.25) is 0 Å². The van der Waals surface area contributed by atoms with E-state index in [0.29, 0.717) is 48.9 Å². The first-order valence-electron chi connectivity index (χ1n) is 14.0. The second kappa shape index (κ2) is 9.08. The van der Waals surface area contributed by atoms with Crippen molar-refractivity contribution < 1.29 is 24.5 Å². The predicted molar refractivity (Wildman–Crippen MR) is 141 cm³/mol. The summed E-state index contributed by atoms with van der Waals surface area (Å²) in [5.41, 5.74) is 1.42. The van der Waals surface area contributed by atoms with Gasteiger partial charge in [0.15, 0.2) is 0 Å². The molecule has 4 aliphatic rings. The predicted octanol–water partition coefficient (Wildman–Crippen LogP) is 5.64. The van der Waals surface area contributed by atoms with Crippen molar-refractivity contribution in [2.45, 2.75) is 105 Å². The lowest BCUT2D eigenvalue weighted by Crippen LogP contribution is -2.57. The van der Waals surface area contributed by atoms with Crippen molar-refractivity contribution >= 4 is 11.8 Å². The molecule has 2 unspecified atom stereocenters. The minimum atomic E-state index is -0.666. The van der Waals surface area contributed by atoms with Gasteiger partial charge in [-0.2, -0.15) is 0 Å². The Hall–Kier alpha value is -1.46. The smallest absolute Gasteiger partial charge is 0.309 e. The maximum absolute atomic E-state index is 13.1. The van der Waals surface area contributed by atoms with Crippen molar-refractivity contribution in [2.75, 3.05) is 7.11 Å². The Labute approximate surface area is 217 Å². The molecule has 0 aromatic carbocycles. The van der Waals surface area contributed by atoms with E-state index in [9.17, 15) is 19.8 Å². The number of rotatable bonds is 6. The molecule has 36 heavy (non-hydrogen) atoms. The zero-order valence-corrected chi connectivity index (χ0v) is 23.5. The summed E-state index contributed by atoms with van der Waals surface area (Å²) < 4.78 is 5.25. The van der Waals surface area contributed by atoms with Gasteiger partial charge in [-0.05, 0) is 80.0 Å². The van der Waals surface area contributed by atoms with E-state index in [1.54, 1.807) is 6.92 Å². The third kappa shape index (κ3) is 3.78. The normalized spacial score (nSPS) is 42.9. The molecule has 2 N–H and O–H groups in total. The third-order valence-corrected chi connectivity index (χ3v) is 11.9. The van der Waals surface area contributed by atoms with Crippen LogP contribution in [0.4, 0.5) is 0 Å². The standard InChI is InChI=1S/C31H48O5/c1-18(2)22(32)11-9-19(27(35)36-8)26-23(33)17-31(7)21-10-12-24-28(3,4)25(34)14-15-29(24,5)20(21)13-16-30(26,31)6/h10,19-20,22-24,26,32-33H,1,9,11-17H2,2-8H3/t19?,20-,22?,23-,24-,26+,29+,30-,31+/m0/s1. The quantitative estimate of drug-likeness (QED) is 0.364. The van der Waals surface area contributed by atoms with Gasteiger partial charge >= 0.3 is 5.97 Å². The molecule has 0 aliphatic heterocycles. The largest absolute Gasteiger partial charge is 0.469 e. The lowest BCUT2D eigenvalue weighted by Gasteiger charge is -2.63. The van der Waals surface area contributed by atoms with Crippen LogP contribution in [0, 0.1) is 45.3 Å². The number of hydrogen-bond donors (Lipinski definition) is 2. The van der Waals surface area contributed by atoms with Crippen LogP contribution < -0.4 is 0 Å². The Morgan fingerprint density at radius 1 is 1.19 bits per heavy atom. The van der Waals surface area contributed by atoms with E-state index in [0.717, 1.165) is 25.7 Å². The van der Waals surface area contributed by atoms with Gasteiger partial charge in [0.1, 0.15) is 5.78 Å². The number of allylic oxidation sites excluding steroid dienone is 2. The second-order valence-corrected chi connectivity index (χ2v) is 13.8. The molecule has 0 aromatic heterocycles. The van der Waals surface area contributed by atoms with Gasteiger partial charge in [0, 0.05) is 17.8 Å². The molecule has 0 spiro atoms. The fourth-order valence-corrected chi connectivity index (χ4v) is 9.51. The number of carbonyl (C=O) groups excluding carboxylic acids is 2. The molecule has 9 atom stereocenters. The third-order valence-electron chi connectivity index (χ3n) is 11.9. The number of ether oxygens (including phenoxy) is 1. The number of hydrogen-bond acceptors (Lipinski definition) is 5. The van der Waals surface area contributed by atoms with Crippen molar-refractivity contribution in [3.8, 4) is 0 Å². The Bertz CT molecular complexity index is 964. The molecule has 0 aromatic rings. The number of carbonyl (C=O) groups is 2. The van der Waals surface area contributed by atoms with Gasteiger partial charge in [0.05, 0.1) is 25.2 Å². The van der Waals surface area contributed by atoms with Gasteiger partial charge in [-0.3, -0.25) is 9.59 Å². The minimum Gasteiger partial charge on any atom is -0.469 e. The number of aliphatic hydroxyl groups excluding tert-OH is 2. The highest BCUT2D eigenvalue weighted by Gasteiger charge is 2.68. The molecule has 5 nitrogen and oxygen atoms in total. The van der Waals surface area contributed by atoms with Crippen LogP contribution in [0.3, 0.4) is 0 Å². The number of methoxy groups -OCH3 is 1. The van der Waals surface area contributed by atoms with E-state index in [-0.39, 0.29) is 33.5 Å². The average molecular weight is 501 g/mol. The fourth-order valence-electron chi connectivity index (χ4n) is 9.51. The summed E-state index contributed by atoms with van der Waals surface area (Å²) in [5, 5.41) is 22.0. The van der Waals surface area contributed by atoms with Crippen molar-refractivity contribution in [1.82, 2.24) is 0 Å². The van der Waals surface area contributed by atoms with E-state index < -0.39 is 18.1 Å². The summed E-state index contributed by atoms with van der Waals surface area (Å²) in [6.07, 6.45) is 7.11. The summed E-state index contributed by atoms with van der Waals surface area (Å²) in [6.45, 7) is 16.9. The van der Waals surface area contributed by atoms with E-state index in [4.69, 9.17) is 4.74 Å². The van der Waals surface area contributed by atoms with Gasteiger partial charge in [-0.15, -0.1) is 0 Å². The van der Waals surface area contributed by atoms with E-state index in [1.165, 1.54) is 12.7 Å². The topological polar surface area (TPSA) is 83.8 Å². The Balaban J connectivity index is 1.71. The Morgan fingerprint density at radius 3 is 2.47 bits per heavy atom. The summed E-state index contributed by atoms with van der Waals surface area (Å²) in [4.78, 5) is 25.9.